The summed E-state index contributed by atoms with van der Waals surface area (Å²) in [5, 5.41) is 6.61. The van der Waals surface area contributed by atoms with Crippen LogP contribution < -0.4 is 19.5 Å². The zero-order valence-corrected chi connectivity index (χ0v) is 16.6. The summed E-state index contributed by atoms with van der Waals surface area (Å²) in [6.07, 6.45) is 1.51. The van der Waals surface area contributed by atoms with E-state index >= 15 is 0 Å². The quantitative estimate of drug-likeness (QED) is 0.585. The van der Waals surface area contributed by atoms with Crippen LogP contribution in [-0.4, -0.2) is 48.3 Å². The van der Waals surface area contributed by atoms with Crippen molar-refractivity contribution in [3.8, 4) is 11.9 Å². The van der Waals surface area contributed by atoms with Crippen molar-refractivity contribution in [1.82, 2.24) is 19.7 Å². The number of carbonyl (C=O) groups excluding carboxylic acids is 1. The maximum absolute atomic E-state index is 12.6. The standard InChI is InChI=1S/C17H18N6O5S/c1-23-13(8-9-18-23)16(24)19-11-4-6-12(7-5-11)29(25,26)22-14-10-15(27-2)21-17(20-14)28-3/h4-10H,1-3H3,(H,19,24)(H,20,21,22). The van der Waals surface area contributed by atoms with Gasteiger partial charge in [0.1, 0.15) is 5.69 Å². The molecular formula is C17H18N6O5S. The first kappa shape index (κ1) is 20.1. The molecule has 152 valence electrons. The number of amides is 1. The number of benzene rings is 1. The third-order valence-electron chi connectivity index (χ3n) is 3.79. The smallest absolute Gasteiger partial charge is 0.321 e. The molecule has 0 aliphatic rings. The van der Waals surface area contributed by atoms with Crippen LogP contribution in [0.25, 0.3) is 0 Å². The van der Waals surface area contributed by atoms with E-state index in [-0.39, 0.29) is 28.5 Å². The van der Waals surface area contributed by atoms with Gasteiger partial charge in [-0.05, 0) is 30.3 Å². The van der Waals surface area contributed by atoms with Gasteiger partial charge in [-0.15, -0.1) is 0 Å². The molecule has 0 aliphatic heterocycles. The first-order chi connectivity index (χ1) is 13.8. The van der Waals surface area contributed by atoms with Crippen LogP contribution in [0.3, 0.4) is 0 Å². The molecule has 0 saturated heterocycles. The van der Waals surface area contributed by atoms with E-state index in [0.29, 0.717) is 11.4 Å². The van der Waals surface area contributed by atoms with Crippen LogP contribution in [0, 0.1) is 0 Å². The van der Waals surface area contributed by atoms with Crippen LogP contribution in [-0.2, 0) is 17.1 Å². The van der Waals surface area contributed by atoms with Crippen molar-refractivity contribution in [2.45, 2.75) is 4.90 Å². The van der Waals surface area contributed by atoms with Gasteiger partial charge in [-0.2, -0.15) is 15.1 Å². The molecule has 0 spiro atoms. The Morgan fingerprint density at radius 1 is 1.07 bits per heavy atom. The minimum atomic E-state index is -3.94. The van der Waals surface area contributed by atoms with Gasteiger partial charge in [0.25, 0.3) is 15.9 Å². The van der Waals surface area contributed by atoms with Crippen LogP contribution in [0.4, 0.5) is 11.5 Å². The van der Waals surface area contributed by atoms with Crippen molar-refractivity contribution in [1.29, 1.82) is 0 Å². The van der Waals surface area contributed by atoms with E-state index in [0.717, 1.165) is 0 Å². The molecule has 3 aromatic rings. The molecule has 0 bridgehead atoms. The Morgan fingerprint density at radius 2 is 1.79 bits per heavy atom. The maximum atomic E-state index is 12.6. The lowest BCUT2D eigenvalue weighted by molar-refractivity contribution is 0.101. The van der Waals surface area contributed by atoms with Crippen molar-refractivity contribution in [3.05, 3.63) is 48.3 Å². The summed E-state index contributed by atoms with van der Waals surface area (Å²) in [6.45, 7) is 0. The van der Waals surface area contributed by atoms with Gasteiger partial charge in [0.05, 0.1) is 19.1 Å². The predicted octanol–water partition coefficient (Wildman–Crippen LogP) is 1.28. The number of nitrogens with zero attached hydrogens (tertiary/aromatic N) is 4. The second kappa shape index (κ2) is 8.14. The Morgan fingerprint density at radius 3 is 2.38 bits per heavy atom. The average molecular weight is 418 g/mol. The summed E-state index contributed by atoms with van der Waals surface area (Å²) >= 11 is 0. The van der Waals surface area contributed by atoms with E-state index in [1.54, 1.807) is 13.1 Å². The van der Waals surface area contributed by atoms with Crippen LogP contribution in [0.15, 0.2) is 47.5 Å². The number of nitrogens with one attached hydrogen (secondary N) is 2. The van der Waals surface area contributed by atoms with Gasteiger partial charge in [0.15, 0.2) is 5.82 Å². The number of ether oxygens (including phenoxy) is 2. The highest BCUT2D eigenvalue weighted by Crippen LogP contribution is 2.21. The lowest BCUT2D eigenvalue weighted by Crippen LogP contribution is -2.17. The molecule has 29 heavy (non-hydrogen) atoms. The molecule has 1 aromatic carbocycles. The molecule has 0 atom stereocenters. The number of carbonyl (C=O) groups is 1. The zero-order valence-electron chi connectivity index (χ0n) is 15.8. The first-order valence-corrected chi connectivity index (χ1v) is 9.70. The van der Waals surface area contributed by atoms with Gasteiger partial charge < -0.3 is 14.8 Å². The van der Waals surface area contributed by atoms with E-state index in [9.17, 15) is 13.2 Å². The first-order valence-electron chi connectivity index (χ1n) is 8.21. The average Bonchev–Trinajstić information content (AvgIpc) is 3.13. The summed E-state index contributed by atoms with van der Waals surface area (Å²) in [5.41, 5.74) is 0.801. The van der Waals surface area contributed by atoms with E-state index < -0.39 is 10.0 Å². The largest absolute Gasteiger partial charge is 0.481 e. The fourth-order valence-corrected chi connectivity index (χ4v) is 3.35. The number of aryl methyl sites for hydroxylation is 1. The monoisotopic (exact) mass is 418 g/mol. The summed E-state index contributed by atoms with van der Waals surface area (Å²) in [5.74, 6) is -0.232. The minimum Gasteiger partial charge on any atom is -0.481 e. The second-order valence-corrected chi connectivity index (χ2v) is 7.39. The SMILES string of the molecule is COc1cc(NS(=O)(=O)c2ccc(NC(=O)c3ccnn3C)cc2)nc(OC)n1. The van der Waals surface area contributed by atoms with E-state index in [4.69, 9.17) is 9.47 Å². The molecular weight excluding hydrogens is 400 g/mol. The Labute approximate surface area is 166 Å². The molecule has 0 fully saturated rings. The normalized spacial score (nSPS) is 11.0. The number of hydrogen-bond donors (Lipinski definition) is 2. The molecule has 0 radical (unpaired) electrons. The summed E-state index contributed by atoms with van der Waals surface area (Å²) in [4.78, 5) is 20.0. The Balaban J connectivity index is 1.76. The number of hydrogen-bond acceptors (Lipinski definition) is 8. The third kappa shape index (κ3) is 4.60. The van der Waals surface area contributed by atoms with Gasteiger partial charge in [-0.3, -0.25) is 14.2 Å². The van der Waals surface area contributed by atoms with E-state index in [1.165, 1.54) is 55.4 Å². The molecule has 12 heteroatoms. The Kier molecular flexibility index (Phi) is 5.64. The number of rotatable bonds is 7. The Bertz CT molecular complexity index is 1110. The molecule has 1 amide bonds. The maximum Gasteiger partial charge on any atom is 0.321 e. The van der Waals surface area contributed by atoms with Crippen LogP contribution in [0.5, 0.6) is 11.9 Å². The molecule has 0 saturated carbocycles. The van der Waals surface area contributed by atoms with Crippen molar-refractivity contribution in [2.24, 2.45) is 7.05 Å². The topological polar surface area (TPSA) is 137 Å². The number of aromatic nitrogens is 4. The molecule has 2 aromatic heterocycles. The van der Waals surface area contributed by atoms with Crippen LogP contribution >= 0.6 is 0 Å². The molecule has 0 unspecified atom stereocenters. The van der Waals surface area contributed by atoms with Crippen LogP contribution in [0.2, 0.25) is 0 Å². The number of anilines is 2. The van der Waals surface area contributed by atoms with Gasteiger partial charge in [0, 0.05) is 25.0 Å². The molecule has 2 N–H and O–H groups in total. The second-order valence-electron chi connectivity index (χ2n) is 5.71. The third-order valence-corrected chi connectivity index (χ3v) is 5.16. The molecule has 11 nitrogen and oxygen atoms in total. The zero-order chi connectivity index (χ0) is 21.0. The van der Waals surface area contributed by atoms with Gasteiger partial charge >= 0.3 is 6.01 Å². The van der Waals surface area contributed by atoms with Gasteiger partial charge in [-0.1, -0.05) is 0 Å². The summed E-state index contributed by atoms with van der Waals surface area (Å²) < 4.78 is 38.9. The lowest BCUT2D eigenvalue weighted by Gasteiger charge is -2.10. The summed E-state index contributed by atoms with van der Waals surface area (Å²) in [7, 11) is 0.450. The number of sulfonamides is 1. The van der Waals surface area contributed by atoms with Crippen molar-refractivity contribution in [2.75, 3.05) is 24.3 Å². The predicted molar refractivity (Wildman–Crippen MR) is 104 cm³/mol. The summed E-state index contributed by atoms with van der Waals surface area (Å²) in [6, 6.07) is 8.52. The van der Waals surface area contributed by atoms with Gasteiger partial charge in [0.2, 0.25) is 5.88 Å². The van der Waals surface area contributed by atoms with Gasteiger partial charge in [-0.25, -0.2) is 8.42 Å². The highest BCUT2D eigenvalue weighted by Gasteiger charge is 2.17. The highest BCUT2D eigenvalue weighted by molar-refractivity contribution is 7.92. The van der Waals surface area contributed by atoms with Crippen molar-refractivity contribution in [3.63, 3.8) is 0 Å². The fourth-order valence-electron chi connectivity index (χ4n) is 2.36. The minimum absolute atomic E-state index is 0.0118. The van der Waals surface area contributed by atoms with E-state index in [2.05, 4.69) is 25.1 Å². The molecule has 0 aliphatic carbocycles. The molecule has 2 heterocycles. The fraction of sp³-hybridized carbons (Fsp3) is 0.176. The van der Waals surface area contributed by atoms with Crippen LogP contribution in [0.1, 0.15) is 10.5 Å². The van der Waals surface area contributed by atoms with Crippen molar-refractivity contribution >= 4 is 27.4 Å². The van der Waals surface area contributed by atoms with E-state index in [1.807, 2.05) is 0 Å². The molecule has 3 rings (SSSR count). The lowest BCUT2D eigenvalue weighted by atomic mass is 10.3. The highest BCUT2D eigenvalue weighted by atomic mass is 32.2. The number of methoxy groups -OCH3 is 2. The Hall–Kier alpha value is -3.67. The van der Waals surface area contributed by atoms with Crippen molar-refractivity contribution < 1.29 is 22.7 Å².